The van der Waals surface area contributed by atoms with Crippen molar-refractivity contribution in [3.63, 3.8) is 0 Å². The Balaban J connectivity index is 1.75. The highest BCUT2D eigenvalue weighted by molar-refractivity contribution is 8.18. The van der Waals surface area contributed by atoms with E-state index < -0.39 is 11.8 Å². The maximum Gasteiger partial charge on any atom is 0.344 e. The van der Waals surface area contributed by atoms with E-state index in [-0.39, 0.29) is 28.9 Å². The van der Waals surface area contributed by atoms with Gasteiger partial charge in [-0.25, -0.2) is 14.2 Å². The summed E-state index contributed by atoms with van der Waals surface area (Å²) in [4.78, 5) is 16.8. The van der Waals surface area contributed by atoms with Crippen molar-refractivity contribution in [3.8, 4) is 11.5 Å². The molecule has 2 aromatic rings. The summed E-state index contributed by atoms with van der Waals surface area (Å²) in [7, 11) is 1.20. The van der Waals surface area contributed by atoms with Crippen LogP contribution in [-0.4, -0.2) is 30.0 Å². The number of rotatable bonds is 3. The molecule has 8 heteroatoms. The van der Waals surface area contributed by atoms with Crippen molar-refractivity contribution in [2.75, 3.05) is 13.9 Å². The Bertz CT molecular complexity index is 1060. The highest BCUT2D eigenvalue weighted by Gasteiger charge is 2.33. The summed E-state index contributed by atoms with van der Waals surface area (Å²) in [5.41, 5.74) is 0.681. The monoisotopic (exact) mass is 399 g/mol. The summed E-state index contributed by atoms with van der Waals surface area (Å²) in [5.74, 6) is -0.335. The number of carbonyl (C=O) groups is 1. The topological polar surface area (TPSA) is 77.4 Å². The van der Waals surface area contributed by atoms with Crippen molar-refractivity contribution in [2.24, 2.45) is 4.99 Å². The Hall–Kier alpha value is -3.26. The van der Waals surface area contributed by atoms with Crippen LogP contribution in [0.2, 0.25) is 0 Å². The van der Waals surface area contributed by atoms with E-state index in [2.05, 4.69) is 4.99 Å². The zero-order valence-corrected chi connectivity index (χ0v) is 15.5. The van der Waals surface area contributed by atoms with E-state index in [0.717, 1.165) is 17.3 Å². The van der Waals surface area contributed by atoms with Gasteiger partial charge < -0.3 is 19.3 Å². The Morgan fingerprint density at radius 2 is 2.04 bits per heavy atom. The number of thioether (sulfide) groups is 1. The Morgan fingerprint density at radius 3 is 2.82 bits per heavy atom. The molecule has 142 valence electrons. The summed E-state index contributed by atoms with van der Waals surface area (Å²) >= 11 is 1.05. The van der Waals surface area contributed by atoms with Gasteiger partial charge in [-0.05, 0) is 35.9 Å². The third kappa shape index (κ3) is 3.34. The highest BCUT2D eigenvalue weighted by atomic mass is 32.2. The van der Waals surface area contributed by atoms with Crippen LogP contribution in [0.15, 0.2) is 63.7 Å². The van der Waals surface area contributed by atoms with E-state index in [1.807, 2.05) is 0 Å². The van der Waals surface area contributed by atoms with Gasteiger partial charge in [-0.3, -0.25) is 0 Å². The van der Waals surface area contributed by atoms with Crippen LogP contribution in [0.25, 0.3) is 6.08 Å². The normalized spacial score (nSPS) is 18.2. The van der Waals surface area contributed by atoms with Crippen LogP contribution in [0.4, 0.5) is 10.1 Å². The third-order valence-electron chi connectivity index (χ3n) is 4.05. The standard InChI is InChI=1S/C20H14FNO5S/c1-25-20(24)17-18(23)16(9-11-6-7-14-15(8-11)27-10-26-14)28-19(17)22-13-5-3-2-4-12(13)21/h2-9,23H,10H2,1H3/b16-9+,22-19?. The summed E-state index contributed by atoms with van der Waals surface area (Å²) in [6, 6.07) is 11.2. The van der Waals surface area contributed by atoms with E-state index in [0.29, 0.717) is 16.4 Å². The predicted molar refractivity (Wildman–Crippen MR) is 103 cm³/mol. The summed E-state index contributed by atoms with van der Waals surface area (Å²) in [5, 5.41) is 10.7. The second-order valence-corrected chi connectivity index (χ2v) is 6.84. The van der Waals surface area contributed by atoms with Gasteiger partial charge in [0.1, 0.15) is 27.9 Å². The van der Waals surface area contributed by atoms with E-state index in [9.17, 15) is 14.3 Å². The maximum absolute atomic E-state index is 14.0. The first kappa shape index (κ1) is 18.1. The van der Waals surface area contributed by atoms with Crippen LogP contribution in [0.1, 0.15) is 5.56 Å². The van der Waals surface area contributed by atoms with Crippen LogP contribution in [-0.2, 0) is 9.53 Å². The Labute approximate surface area is 163 Å². The van der Waals surface area contributed by atoms with Gasteiger partial charge in [0.25, 0.3) is 0 Å². The number of esters is 1. The molecular formula is C20H14FNO5S. The second kappa shape index (κ2) is 7.40. The lowest BCUT2D eigenvalue weighted by Crippen LogP contribution is -2.10. The molecule has 0 atom stereocenters. The van der Waals surface area contributed by atoms with Crippen molar-refractivity contribution >= 4 is 34.5 Å². The number of nitrogens with zero attached hydrogens (tertiary/aromatic N) is 1. The first-order chi connectivity index (χ1) is 13.6. The molecule has 2 aliphatic heterocycles. The Morgan fingerprint density at radius 1 is 1.25 bits per heavy atom. The number of ether oxygens (including phenoxy) is 3. The quantitative estimate of drug-likeness (QED) is 0.773. The van der Waals surface area contributed by atoms with Crippen LogP contribution < -0.4 is 9.47 Å². The number of aliphatic hydroxyl groups excluding tert-OH is 1. The molecule has 0 saturated carbocycles. The number of fused-ring (bicyclic) bond motifs is 1. The average molecular weight is 399 g/mol. The van der Waals surface area contributed by atoms with Crippen LogP contribution in [0.3, 0.4) is 0 Å². The Kier molecular flexibility index (Phi) is 4.79. The molecule has 0 saturated heterocycles. The fraction of sp³-hybridized carbons (Fsp3) is 0.100. The van der Waals surface area contributed by atoms with Gasteiger partial charge >= 0.3 is 5.97 Å². The van der Waals surface area contributed by atoms with E-state index in [4.69, 9.17) is 14.2 Å². The predicted octanol–water partition coefficient (Wildman–Crippen LogP) is 4.36. The molecule has 0 bridgehead atoms. The van der Waals surface area contributed by atoms with E-state index >= 15 is 0 Å². The first-order valence-corrected chi connectivity index (χ1v) is 9.03. The van der Waals surface area contributed by atoms with Gasteiger partial charge in [-0.2, -0.15) is 0 Å². The molecule has 1 N–H and O–H groups in total. The summed E-state index contributed by atoms with van der Waals surface area (Å²) in [6.07, 6.45) is 1.68. The van der Waals surface area contributed by atoms with Gasteiger partial charge in [0.05, 0.1) is 12.0 Å². The lowest BCUT2D eigenvalue weighted by Gasteiger charge is -2.02. The van der Waals surface area contributed by atoms with Crippen molar-refractivity contribution in [2.45, 2.75) is 0 Å². The molecule has 0 amide bonds. The molecule has 0 aliphatic carbocycles. The summed E-state index contributed by atoms with van der Waals surface area (Å²) < 4.78 is 29.4. The van der Waals surface area contributed by atoms with E-state index in [1.165, 1.54) is 19.2 Å². The van der Waals surface area contributed by atoms with Crippen LogP contribution >= 0.6 is 11.8 Å². The number of hydrogen-bond donors (Lipinski definition) is 1. The third-order valence-corrected chi connectivity index (χ3v) is 5.07. The van der Waals surface area contributed by atoms with Crippen molar-refractivity contribution in [1.82, 2.24) is 0 Å². The largest absolute Gasteiger partial charge is 0.506 e. The molecule has 4 rings (SSSR count). The van der Waals surface area contributed by atoms with Gasteiger partial charge in [0, 0.05) is 0 Å². The van der Waals surface area contributed by atoms with Crippen molar-refractivity contribution in [1.29, 1.82) is 0 Å². The smallest absolute Gasteiger partial charge is 0.344 e. The molecule has 6 nitrogen and oxygen atoms in total. The molecule has 0 spiro atoms. The SMILES string of the molecule is COC(=O)C1=C(O)/C(=C\c2ccc3c(c2)OCO3)SC1=Nc1ccccc1F. The molecule has 2 aromatic carbocycles. The number of hydrogen-bond acceptors (Lipinski definition) is 7. The maximum atomic E-state index is 14.0. The number of benzene rings is 2. The van der Waals surface area contributed by atoms with Crippen molar-refractivity contribution in [3.05, 3.63) is 70.1 Å². The first-order valence-electron chi connectivity index (χ1n) is 8.21. The fourth-order valence-corrected chi connectivity index (χ4v) is 3.72. The number of aliphatic imine (C=N–C) groups is 1. The molecule has 0 unspecified atom stereocenters. The summed E-state index contributed by atoms with van der Waals surface area (Å²) in [6.45, 7) is 0.154. The number of halogens is 1. The molecule has 2 aliphatic rings. The molecular weight excluding hydrogens is 385 g/mol. The zero-order chi connectivity index (χ0) is 19.7. The lowest BCUT2D eigenvalue weighted by atomic mass is 10.1. The fourth-order valence-electron chi connectivity index (χ4n) is 2.70. The number of carbonyl (C=O) groups excluding carboxylic acids is 1. The highest BCUT2D eigenvalue weighted by Crippen LogP contribution is 2.41. The van der Waals surface area contributed by atoms with Crippen LogP contribution in [0.5, 0.6) is 11.5 Å². The van der Waals surface area contributed by atoms with Gasteiger partial charge in [0.15, 0.2) is 11.5 Å². The minimum Gasteiger partial charge on any atom is -0.506 e. The second-order valence-electron chi connectivity index (χ2n) is 5.81. The van der Waals surface area contributed by atoms with Crippen molar-refractivity contribution < 1.29 is 28.5 Å². The number of para-hydroxylation sites is 1. The van der Waals surface area contributed by atoms with Gasteiger partial charge in [-0.1, -0.05) is 30.0 Å². The number of aliphatic hydroxyl groups is 1. The molecule has 2 heterocycles. The molecule has 0 aromatic heterocycles. The number of methoxy groups -OCH3 is 1. The van der Waals surface area contributed by atoms with Gasteiger partial charge in [-0.15, -0.1) is 0 Å². The molecule has 0 radical (unpaired) electrons. The average Bonchev–Trinajstić information content (AvgIpc) is 3.27. The van der Waals surface area contributed by atoms with Crippen LogP contribution in [0, 0.1) is 5.82 Å². The molecule has 0 fully saturated rings. The van der Waals surface area contributed by atoms with E-state index in [1.54, 1.807) is 36.4 Å². The lowest BCUT2D eigenvalue weighted by molar-refractivity contribution is -0.135. The zero-order valence-electron chi connectivity index (χ0n) is 14.6. The minimum absolute atomic E-state index is 0.0588. The van der Waals surface area contributed by atoms with Gasteiger partial charge in [0.2, 0.25) is 6.79 Å². The molecule has 28 heavy (non-hydrogen) atoms. The minimum atomic E-state index is -0.755.